The SMILES string of the molecule is C[C@@H](c1ccccc1)n1c(SCC(=O)NCc2ccccc2)nc2ccccc2c1=O. The fourth-order valence-electron chi connectivity index (χ4n) is 3.43. The molecule has 156 valence electrons. The summed E-state index contributed by atoms with van der Waals surface area (Å²) in [6, 6.07) is 26.7. The van der Waals surface area contributed by atoms with Crippen LogP contribution in [0.1, 0.15) is 24.1 Å². The van der Waals surface area contributed by atoms with Crippen LogP contribution in [0.15, 0.2) is 94.9 Å². The van der Waals surface area contributed by atoms with Gasteiger partial charge in [-0.2, -0.15) is 0 Å². The molecule has 0 saturated heterocycles. The number of aromatic nitrogens is 2. The molecule has 5 nitrogen and oxygen atoms in total. The van der Waals surface area contributed by atoms with Crippen molar-refractivity contribution in [3.05, 3.63) is 106 Å². The monoisotopic (exact) mass is 429 g/mol. The molecule has 6 heteroatoms. The maximum Gasteiger partial charge on any atom is 0.262 e. The summed E-state index contributed by atoms with van der Waals surface area (Å²) in [4.78, 5) is 30.5. The summed E-state index contributed by atoms with van der Waals surface area (Å²) < 4.78 is 1.69. The van der Waals surface area contributed by atoms with Gasteiger partial charge in [0.25, 0.3) is 5.56 Å². The highest BCUT2D eigenvalue weighted by Crippen LogP contribution is 2.24. The number of para-hydroxylation sites is 1. The quantitative estimate of drug-likeness (QED) is 0.349. The van der Waals surface area contributed by atoms with Gasteiger partial charge in [-0.15, -0.1) is 0 Å². The minimum absolute atomic E-state index is 0.102. The van der Waals surface area contributed by atoms with Crippen molar-refractivity contribution < 1.29 is 4.79 Å². The van der Waals surface area contributed by atoms with Gasteiger partial charge in [-0.25, -0.2) is 4.98 Å². The van der Waals surface area contributed by atoms with Crippen molar-refractivity contribution >= 4 is 28.6 Å². The lowest BCUT2D eigenvalue weighted by molar-refractivity contribution is -0.118. The number of nitrogens with zero attached hydrogens (tertiary/aromatic N) is 2. The molecule has 31 heavy (non-hydrogen) atoms. The zero-order valence-corrected chi connectivity index (χ0v) is 18.0. The van der Waals surface area contributed by atoms with Crippen molar-refractivity contribution in [1.82, 2.24) is 14.9 Å². The van der Waals surface area contributed by atoms with E-state index in [2.05, 4.69) is 5.32 Å². The number of nitrogens with one attached hydrogen (secondary N) is 1. The average Bonchev–Trinajstić information content (AvgIpc) is 2.82. The number of hydrogen-bond acceptors (Lipinski definition) is 4. The van der Waals surface area contributed by atoms with E-state index in [-0.39, 0.29) is 23.3 Å². The van der Waals surface area contributed by atoms with Crippen molar-refractivity contribution in [1.29, 1.82) is 0 Å². The van der Waals surface area contributed by atoms with Gasteiger partial charge in [0.2, 0.25) is 5.91 Å². The highest BCUT2D eigenvalue weighted by molar-refractivity contribution is 7.99. The molecule has 0 aliphatic carbocycles. The second-order valence-corrected chi connectivity index (χ2v) is 8.17. The first-order valence-corrected chi connectivity index (χ1v) is 11.1. The zero-order chi connectivity index (χ0) is 21.6. The maximum absolute atomic E-state index is 13.3. The van der Waals surface area contributed by atoms with E-state index in [9.17, 15) is 9.59 Å². The van der Waals surface area contributed by atoms with E-state index in [1.54, 1.807) is 10.6 Å². The van der Waals surface area contributed by atoms with E-state index in [4.69, 9.17) is 4.98 Å². The van der Waals surface area contributed by atoms with Gasteiger partial charge in [0.05, 0.1) is 22.7 Å². The van der Waals surface area contributed by atoms with Crippen LogP contribution in [0.2, 0.25) is 0 Å². The average molecular weight is 430 g/mol. The third-order valence-corrected chi connectivity index (χ3v) is 6.06. The first-order valence-electron chi connectivity index (χ1n) is 10.1. The molecule has 1 N–H and O–H groups in total. The molecule has 1 aromatic heterocycles. The van der Waals surface area contributed by atoms with Crippen molar-refractivity contribution in [2.45, 2.75) is 24.7 Å². The van der Waals surface area contributed by atoms with Crippen LogP contribution >= 0.6 is 11.8 Å². The molecule has 0 aliphatic heterocycles. The summed E-state index contributed by atoms with van der Waals surface area (Å²) in [5.41, 5.74) is 2.58. The van der Waals surface area contributed by atoms with Crippen LogP contribution in [0.4, 0.5) is 0 Å². The van der Waals surface area contributed by atoms with Gasteiger partial charge in [0.1, 0.15) is 0 Å². The van der Waals surface area contributed by atoms with Crippen LogP contribution in [-0.2, 0) is 11.3 Å². The molecule has 4 rings (SSSR count). The Kier molecular flexibility index (Phi) is 6.48. The first-order chi connectivity index (χ1) is 15.1. The molecule has 0 saturated carbocycles. The molecule has 0 fully saturated rings. The van der Waals surface area contributed by atoms with Crippen LogP contribution in [0, 0.1) is 0 Å². The Bertz CT molecular complexity index is 1240. The first kappa shape index (κ1) is 20.9. The molecule has 3 aromatic carbocycles. The van der Waals surface area contributed by atoms with Gasteiger partial charge in [-0.1, -0.05) is 84.6 Å². The van der Waals surface area contributed by atoms with E-state index < -0.39 is 0 Å². The Hall–Kier alpha value is -3.38. The number of thioether (sulfide) groups is 1. The Morgan fingerprint density at radius 1 is 0.968 bits per heavy atom. The number of carbonyl (C=O) groups excluding carboxylic acids is 1. The fourth-order valence-corrected chi connectivity index (χ4v) is 4.33. The molecule has 0 aliphatic rings. The summed E-state index contributed by atoms with van der Waals surface area (Å²) in [6.07, 6.45) is 0. The van der Waals surface area contributed by atoms with Crippen LogP contribution in [0.25, 0.3) is 10.9 Å². The van der Waals surface area contributed by atoms with E-state index >= 15 is 0 Å². The summed E-state index contributed by atoms with van der Waals surface area (Å²) in [5, 5.41) is 4.04. The van der Waals surface area contributed by atoms with Crippen molar-refractivity contribution in [3.63, 3.8) is 0 Å². The normalized spacial score (nSPS) is 11.9. The predicted molar refractivity (Wildman–Crippen MR) is 125 cm³/mol. The van der Waals surface area contributed by atoms with E-state index in [0.29, 0.717) is 22.6 Å². The smallest absolute Gasteiger partial charge is 0.262 e. The van der Waals surface area contributed by atoms with E-state index in [0.717, 1.165) is 11.1 Å². The highest BCUT2D eigenvalue weighted by Gasteiger charge is 2.18. The Morgan fingerprint density at radius 2 is 1.61 bits per heavy atom. The molecule has 0 spiro atoms. The van der Waals surface area contributed by atoms with Crippen LogP contribution in [-0.4, -0.2) is 21.2 Å². The van der Waals surface area contributed by atoms with Gasteiger partial charge in [0, 0.05) is 6.54 Å². The number of carbonyl (C=O) groups is 1. The molecular formula is C25H23N3O2S. The van der Waals surface area contributed by atoms with E-state index in [1.165, 1.54) is 11.8 Å². The Balaban J connectivity index is 1.60. The topological polar surface area (TPSA) is 64.0 Å². The third kappa shape index (κ3) is 4.86. The Morgan fingerprint density at radius 3 is 2.35 bits per heavy atom. The third-order valence-electron chi connectivity index (χ3n) is 5.11. The molecule has 1 atom stereocenters. The second kappa shape index (κ2) is 9.62. The molecule has 0 radical (unpaired) electrons. The summed E-state index contributed by atoms with van der Waals surface area (Å²) >= 11 is 1.28. The second-order valence-electron chi connectivity index (χ2n) is 7.22. The molecular weight excluding hydrogens is 406 g/mol. The summed E-state index contributed by atoms with van der Waals surface area (Å²) in [5.74, 6) is 0.0780. The molecule has 1 amide bonds. The molecule has 1 heterocycles. The maximum atomic E-state index is 13.3. The van der Waals surface area contributed by atoms with Gasteiger partial charge >= 0.3 is 0 Å². The zero-order valence-electron chi connectivity index (χ0n) is 17.2. The number of amides is 1. The minimum atomic E-state index is -0.208. The van der Waals surface area contributed by atoms with Gasteiger partial charge < -0.3 is 5.32 Å². The van der Waals surface area contributed by atoms with Crippen molar-refractivity contribution in [2.75, 3.05) is 5.75 Å². The lowest BCUT2D eigenvalue weighted by Crippen LogP contribution is -2.28. The largest absolute Gasteiger partial charge is 0.351 e. The standard InChI is InChI=1S/C25H23N3O2S/c1-18(20-12-6-3-7-13-20)28-24(30)21-14-8-9-15-22(21)27-25(28)31-17-23(29)26-16-19-10-4-2-5-11-19/h2-15,18H,16-17H2,1H3,(H,26,29)/t18-/m0/s1. The number of hydrogen-bond donors (Lipinski definition) is 1. The molecule has 0 unspecified atom stereocenters. The van der Waals surface area contributed by atoms with Gasteiger partial charge in [-0.3, -0.25) is 14.2 Å². The minimum Gasteiger partial charge on any atom is -0.351 e. The molecule has 0 bridgehead atoms. The van der Waals surface area contributed by atoms with Gasteiger partial charge in [0.15, 0.2) is 5.16 Å². The lowest BCUT2D eigenvalue weighted by Gasteiger charge is -2.20. The number of benzene rings is 3. The number of rotatable bonds is 7. The summed E-state index contributed by atoms with van der Waals surface area (Å²) in [7, 11) is 0. The van der Waals surface area contributed by atoms with Gasteiger partial charge in [-0.05, 0) is 30.2 Å². The van der Waals surface area contributed by atoms with Crippen LogP contribution < -0.4 is 10.9 Å². The van der Waals surface area contributed by atoms with Crippen LogP contribution in [0.3, 0.4) is 0 Å². The number of fused-ring (bicyclic) bond motifs is 1. The fraction of sp³-hybridized carbons (Fsp3) is 0.160. The summed E-state index contributed by atoms with van der Waals surface area (Å²) in [6.45, 7) is 2.45. The van der Waals surface area contributed by atoms with Crippen LogP contribution in [0.5, 0.6) is 0 Å². The highest BCUT2D eigenvalue weighted by atomic mass is 32.2. The Labute approximate surface area is 185 Å². The lowest BCUT2D eigenvalue weighted by atomic mass is 10.1. The van der Waals surface area contributed by atoms with Crippen molar-refractivity contribution in [2.24, 2.45) is 0 Å². The van der Waals surface area contributed by atoms with Crippen molar-refractivity contribution in [3.8, 4) is 0 Å². The van der Waals surface area contributed by atoms with E-state index in [1.807, 2.05) is 85.8 Å². The predicted octanol–water partition coefficient (Wildman–Crippen LogP) is 4.41. The molecule has 4 aromatic rings.